The van der Waals surface area contributed by atoms with Crippen molar-refractivity contribution in [2.75, 3.05) is 13.1 Å². The van der Waals surface area contributed by atoms with Gasteiger partial charge in [0.1, 0.15) is 0 Å². The lowest BCUT2D eigenvalue weighted by Crippen LogP contribution is -2.50. The number of carbonyl (C=O) groups excluding carboxylic acids is 1. The predicted molar refractivity (Wildman–Crippen MR) is 68.9 cm³/mol. The Hall–Kier alpha value is -0.610. The summed E-state index contributed by atoms with van der Waals surface area (Å²) in [5.74, 6) is 1.26. The topological polar surface area (TPSA) is 55.6 Å². The molecule has 0 spiro atoms. The lowest BCUT2D eigenvalue weighted by Gasteiger charge is -2.30. The van der Waals surface area contributed by atoms with Crippen molar-refractivity contribution >= 4 is 5.91 Å². The van der Waals surface area contributed by atoms with Crippen molar-refractivity contribution in [1.29, 1.82) is 0 Å². The number of hydrogen-bond donors (Lipinski definition) is 1. The maximum absolute atomic E-state index is 12.4. The number of ether oxygens (including phenoxy) is 1. The summed E-state index contributed by atoms with van der Waals surface area (Å²) in [5, 5.41) is 0. The van der Waals surface area contributed by atoms with Gasteiger partial charge in [-0.2, -0.15) is 0 Å². The molecule has 3 heterocycles. The molecular weight excluding hydrogens is 228 g/mol. The average Bonchev–Trinajstić information content (AvgIpc) is 2.96. The van der Waals surface area contributed by atoms with Gasteiger partial charge in [0.15, 0.2) is 0 Å². The van der Waals surface area contributed by atoms with Crippen molar-refractivity contribution in [2.45, 2.75) is 51.9 Å². The Morgan fingerprint density at radius 3 is 2.17 bits per heavy atom. The standard InChI is InChI=1S/C14H24N2O2/c1-14(2,3)12(15)13(17)16-6-8-9(7-16)11-5-4-10(8)18-11/h8-12H,4-7,15H2,1-3H3/t8?,9?,10?,11?,12-/m1/s1. The number of nitrogens with zero attached hydrogens (tertiary/aromatic N) is 1. The van der Waals surface area contributed by atoms with Crippen LogP contribution in [0.1, 0.15) is 33.6 Å². The van der Waals surface area contributed by atoms with Crippen molar-refractivity contribution in [3.05, 3.63) is 0 Å². The zero-order valence-electron chi connectivity index (χ0n) is 11.6. The van der Waals surface area contributed by atoms with Crippen LogP contribution in [0.5, 0.6) is 0 Å². The first kappa shape index (κ1) is 12.4. The maximum Gasteiger partial charge on any atom is 0.240 e. The summed E-state index contributed by atoms with van der Waals surface area (Å²) in [6.45, 7) is 7.79. The highest BCUT2D eigenvalue weighted by Crippen LogP contribution is 2.47. The highest BCUT2D eigenvalue weighted by Gasteiger charge is 2.54. The average molecular weight is 252 g/mol. The third-order valence-electron chi connectivity index (χ3n) is 4.96. The SMILES string of the molecule is CC(C)(C)[C@H](N)C(=O)N1CC2C3CCC(O3)C2C1. The Bertz CT molecular complexity index is 345. The van der Waals surface area contributed by atoms with Crippen molar-refractivity contribution in [2.24, 2.45) is 23.0 Å². The number of fused-ring (bicyclic) bond motifs is 5. The Labute approximate surface area is 109 Å². The normalized spacial score (nSPS) is 40.1. The molecule has 3 aliphatic heterocycles. The molecule has 3 rings (SSSR count). The summed E-state index contributed by atoms with van der Waals surface area (Å²) >= 11 is 0. The van der Waals surface area contributed by atoms with Crippen LogP contribution in [0.25, 0.3) is 0 Å². The van der Waals surface area contributed by atoms with Crippen molar-refractivity contribution in [3.8, 4) is 0 Å². The fourth-order valence-corrected chi connectivity index (χ4v) is 3.71. The smallest absolute Gasteiger partial charge is 0.240 e. The minimum absolute atomic E-state index is 0.122. The van der Waals surface area contributed by atoms with E-state index in [9.17, 15) is 4.79 Å². The molecule has 2 bridgehead atoms. The first-order chi connectivity index (χ1) is 8.38. The molecule has 18 heavy (non-hydrogen) atoms. The summed E-state index contributed by atoms with van der Waals surface area (Å²) in [6, 6.07) is -0.394. The number of rotatable bonds is 1. The van der Waals surface area contributed by atoms with Crippen molar-refractivity contribution < 1.29 is 9.53 Å². The highest BCUT2D eigenvalue weighted by atomic mass is 16.5. The Morgan fingerprint density at radius 1 is 1.22 bits per heavy atom. The second-order valence-electron chi connectivity index (χ2n) is 7.20. The molecule has 1 amide bonds. The van der Waals surface area contributed by atoms with Crippen molar-refractivity contribution in [1.82, 2.24) is 4.90 Å². The lowest BCUT2D eigenvalue weighted by molar-refractivity contribution is -0.134. The number of carbonyl (C=O) groups is 1. The van der Waals surface area contributed by atoms with Gasteiger partial charge in [0.25, 0.3) is 0 Å². The van der Waals surface area contributed by atoms with Crippen LogP contribution in [0.2, 0.25) is 0 Å². The van der Waals surface area contributed by atoms with Gasteiger partial charge in [-0.25, -0.2) is 0 Å². The van der Waals surface area contributed by atoms with E-state index in [1.807, 2.05) is 25.7 Å². The number of likely N-dealkylation sites (tertiary alicyclic amines) is 1. The molecule has 2 N–H and O–H groups in total. The molecule has 0 aromatic heterocycles. The van der Waals surface area contributed by atoms with Gasteiger partial charge in [0.05, 0.1) is 18.2 Å². The van der Waals surface area contributed by atoms with Gasteiger partial charge in [0.2, 0.25) is 5.91 Å². The molecule has 0 aromatic rings. The number of nitrogens with two attached hydrogens (primary N) is 1. The van der Waals surface area contributed by atoms with Gasteiger partial charge in [-0.15, -0.1) is 0 Å². The van der Waals surface area contributed by atoms with Gasteiger partial charge < -0.3 is 15.4 Å². The van der Waals surface area contributed by atoms with E-state index in [1.165, 1.54) is 12.8 Å². The quantitative estimate of drug-likeness (QED) is 0.757. The molecule has 4 heteroatoms. The zero-order chi connectivity index (χ0) is 13.1. The molecule has 0 radical (unpaired) electrons. The highest BCUT2D eigenvalue weighted by molar-refractivity contribution is 5.82. The number of amides is 1. The van der Waals surface area contributed by atoms with Crippen LogP contribution in [-0.2, 0) is 9.53 Å². The van der Waals surface area contributed by atoms with Gasteiger partial charge in [0, 0.05) is 24.9 Å². The first-order valence-corrected chi connectivity index (χ1v) is 7.08. The molecule has 3 saturated heterocycles. The van der Waals surface area contributed by atoms with E-state index in [-0.39, 0.29) is 11.3 Å². The van der Waals surface area contributed by atoms with Crippen LogP contribution in [0.15, 0.2) is 0 Å². The third-order valence-corrected chi connectivity index (χ3v) is 4.96. The lowest BCUT2D eigenvalue weighted by atomic mass is 9.82. The van der Waals surface area contributed by atoms with E-state index in [0.717, 1.165) is 13.1 Å². The maximum atomic E-state index is 12.4. The summed E-state index contributed by atoms with van der Waals surface area (Å²) in [7, 11) is 0. The zero-order valence-corrected chi connectivity index (χ0v) is 11.6. The Morgan fingerprint density at radius 2 is 1.72 bits per heavy atom. The molecule has 4 unspecified atom stereocenters. The molecule has 102 valence electrons. The van der Waals surface area contributed by atoms with Crippen LogP contribution in [-0.4, -0.2) is 42.1 Å². The predicted octanol–water partition coefficient (Wildman–Crippen LogP) is 0.996. The van der Waals surface area contributed by atoms with Crippen LogP contribution >= 0.6 is 0 Å². The molecule has 5 atom stereocenters. The summed E-state index contributed by atoms with van der Waals surface area (Å²) in [4.78, 5) is 14.4. The molecule has 0 saturated carbocycles. The van der Waals surface area contributed by atoms with Crippen LogP contribution < -0.4 is 5.73 Å². The van der Waals surface area contributed by atoms with Gasteiger partial charge in [-0.05, 0) is 18.3 Å². The van der Waals surface area contributed by atoms with Crippen LogP contribution in [0.4, 0.5) is 0 Å². The Balaban J connectivity index is 1.68. The van der Waals surface area contributed by atoms with Crippen LogP contribution in [0.3, 0.4) is 0 Å². The van der Waals surface area contributed by atoms with E-state index in [4.69, 9.17) is 10.5 Å². The molecule has 0 aliphatic carbocycles. The minimum atomic E-state index is -0.394. The monoisotopic (exact) mass is 252 g/mol. The summed E-state index contributed by atoms with van der Waals surface area (Å²) in [5.41, 5.74) is 5.92. The first-order valence-electron chi connectivity index (χ1n) is 7.08. The fourth-order valence-electron chi connectivity index (χ4n) is 3.71. The van der Waals surface area contributed by atoms with Crippen LogP contribution in [0, 0.1) is 17.3 Å². The van der Waals surface area contributed by atoms with E-state index >= 15 is 0 Å². The summed E-state index contributed by atoms with van der Waals surface area (Å²) < 4.78 is 5.93. The van der Waals surface area contributed by atoms with E-state index in [1.54, 1.807) is 0 Å². The second kappa shape index (κ2) is 3.94. The molecule has 4 nitrogen and oxygen atoms in total. The largest absolute Gasteiger partial charge is 0.374 e. The number of hydrogen-bond acceptors (Lipinski definition) is 3. The van der Waals surface area contributed by atoms with Gasteiger partial charge in [-0.3, -0.25) is 4.79 Å². The third kappa shape index (κ3) is 1.77. The summed E-state index contributed by atoms with van der Waals surface area (Å²) in [6.07, 6.45) is 3.17. The second-order valence-corrected chi connectivity index (χ2v) is 7.20. The van der Waals surface area contributed by atoms with Gasteiger partial charge in [-0.1, -0.05) is 20.8 Å². The molecular formula is C14H24N2O2. The molecule has 0 aromatic carbocycles. The molecule has 3 fully saturated rings. The van der Waals surface area contributed by atoms with E-state index < -0.39 is 6.04 Å². The molecule has 3 aliphatic rings. The van der Waals surface area contributed by atoms with E-state index in [2.05, 4.69) is 0 Å². The minimum Gasteiger partial charge on any atom is -0.374 e. The van der Waals surface area contributed by atoms with Crippen molar-refractivity contribution in [3.63, 3.8) is 0 Å². The van der Waals surface area contributed by atoms with E-state index in [0.29, 0.717) is 24.0 Å². The Kier molecular flexibility index (Phi) is 2.72. The van der Waals surface area contributed by atoms with Gasteiger partial charge >= 0.3 is 0 Å². The fraction of sp³-hybridized carbons (Fsp3) is 0.929.